The van der Waals surface area contributed by atoms with Crippen LogP contribution < -0.4 is 4.72 Å². The quantitative estimate of drug-likeness (QED) is 0.751. The zero-order valence-corrected chi connectivity index (χ0v) is 15.6. The van der Waals surface area contributed by atoms with Crippen molar-refractivity contribution in [1.82, 2.24) is 9.62 Å². The van der Waals surface area contributed by atoms with Crippen LogP contribution in [0.25, 0.3) is 0 Å². The highest BCUT2D eigenvalue weighted by atomic mass is 32.2. The Labute approximate surface area is 152 Å². The summed E-state index contributed by atoms with van der Waals surface area (Å²) in [5.41, 5.74) is -0.528. The highest BCUT2D eigenvalue weighted by Gasteiger charge is 2.26. The lowest BCUT2D eigenvalue weighted by Gasteiger charge is -2.35. The number of nitrogens with one attached hydrogen (secondary N) is 1. The van der Waals surface area contributed by atoms with Crippen molar-refractivity contribution in [3.05, 3.63) is 29.6 Å². The summed E-state index contributed by atoms with van der Waals surface area (Å²) in [4.78, 5) is 25.9. The van der Waals surface area contributed by atoms with Crippen molar-refractivity contribution in [2.24, 2.45) is 0 Å². The SMILES string of the molecule is CCC1CCCCN1C(=O)COC(=O)c1cc(S(=O)(=O)NC)ccc1F. The van der Waals surface area contributed by atoms with Gasteiger partial charge in [-0.25, -0.2) is 22.3 Å². The number of amides is 1. The number of rotatable bonds is 6. The summed E-state index contributed by atoms with van der Waals surface area (Å²) in [6.07, 6.45) is 3.68. The monoisotopic (exact) mass is 386 g/mol. The van der Waals surface area contributed by atoms with Crippen LogP contribution in [0, 0.1) is 5.82 Å². The van der Waals surface area contributed by atoms with Crippen molar-refractivity contribution in [3.8, 4) is 0 Å². The predicted octanol–water partition coefficient (Wildman–Crippen LogP) is 1.68. The number of carbonyl (C=O) groups excluding carboxylic acids is 2. The lowest BCUT2D eigenvalue weighted by molar-refractivity contribution is -0.138. The number of likely N-dealkylation sites (tertiary alicyclic amines) is 1. The van der Waals surface area contributed by atoms with Crippen LogP contribution in [0.15, 0.2) is 23.1 Å². The van der Waals surface area contributed by atoms with Crippen molar-refractivity contribution in [1.29, 1.82) is 0 Å². The van der Waals surface area contributed by atoms with Crippen LogP contribution in [0.1, 0.15) is 43.0 Å². The van der Waals surface area contributed by atoms with E-state index in [0.717, 1.165) is 43.9 Å². The highest BCUT2D eigenvalue weighted by molar-refractivity contribution is 7.89. The molecule has 1 N–H and O–H groups in total. The Kier molecular flexibility index (Phi) is 6.71. The second-order valence-corrected chi connectivity index (χ2v) is 7.96. The molecule has 0 radical (unpaired) electrons. The van der Waals surface area contributed by atoms with Crippen molar-refractivity contribution < 1.29 is 27.1 Å². The normalized spacial score (nSPS) is 17.8. The first-order chi connectivity index (χ1) is 12.3. The Hall–Kier alpha value is -2.00. The number of carbonyl (C=O) groups is 2. The summed E-state index contributed by atoms with van der Waals surface area (Å²) in [6, 6.07) is 2.93. The first-order valence-corrected chi connectivity index (χ1v) is 9.98. The maximum absolute atomic E-state index is 13.9. The third kappa shape index (κ3) is 4.59. The smallest absolute Gasteiger partial charge is 0.341 e. The van der Waals surface area contributed by atoms with Gasteiger partial charge in [0.15, 0.2) is 6.61 Å². The van der Waals surface area contributed by atoms with Crippen molar-refractivity contribution >= 4 is 21.9 Å². The molecule has 2 rings (SSSR count). The van der Waals surface area contributed by atoms with E-state index in [0.29, 0.717) is 6.54 Å². The summed E-state index contributed by atoms with van der Waals surface area (Å²) in [5.74, 6) is -2.32. The lowest BCUT2D eigenvalue weighted by atomic mass is 10.00. The van der Waals surface area contributed by atoms with Crippen LogP contribution >= 0.6 is 0 Å². The predicted molar refractivity (Wildman–Crippen MR) is 92.6 cm³/mol. The number of piperidine rings is 1. The van der Waals surface area contributed by atoms with Crippen molar-refractivity contribution in [2.75, 3.05) is 20.2 Å². The number of nitrogens with zero attached hydrogens (tertiary/aromatic N) is 1. The number of benzene rings is 1. The van der Waals surface area contributed by atoms with Crippen LogP contribution in [0.5, 0.6) is 0 Å². The Morgan fingerprint density at radius 3 is 2.73 bits per heavy atom. The Morgan fingerprint density at radius 2 is 2.08 bits per heavy atom. The molecule has 1 fully saturated rings. The summed E-state index contributed by atoms with van der Waals surface area (Å²) >= 11 is 0. The van der Waals surface area contributed by atoms with Gasteiger partial charge >= 0.3 is 5.97 Å². The number of hydrogen-bond donors (Lipinski definition) is 1. The maximum Gasteiger partial charge on any atom is 0.341 e. The molecule has 1 amide bonds. The molecule has 1 heterocycles. The third-order valence-corrected chi connectivity index (χ3v) is 5.89. The molecule has 0 aliphatic carbocycles. The van der Waals surface area contributed by atoms with E-state index >= 15 is 0 Å². The van der Waals surface area contributed by atoms with Gasteiger partial charge in [-0.1, -0.05) is 6.92 Å². The van der Waals surface area contributed by atoms with Crippen LogP contribution in [-0.2, 0) is 19.6 Å². The van der Waals surface area contributed by atoms with Gasteiger partial charge in [-0.2, -0.15) is 0 Å². The van der Waals surface area contributed by atoms with E-state index in [1.807, 2.05) is 6.92 Å². The molecule has 1 aromatic carbocycles. The topological polar surface area (TPSA) is 92.8 Å². The molecular weight excluding hydrogens is 363 g/mol. The van der Waals surface area contributed by atoms with Crippen LogP contribution in [-0.4, -0.2) is 51.4 Å². The van der Waals surface area contributed by atoms with Crippen molar-refractivity contribution in [2.45, 2.75) is 43.5 Å². The molecule has 26 heavy (non-hydrogen) atoms. The zero-order chi connectivity index (χ0) is 19.3. The number of halogens is 1. The fraction of sp³-hybridized carbons (Fsp3) is 0.529. The van der Waals surface area contributed by atoms with Gasteiger partial charge in [0.05, 0.1) is 10.5 Å². The van der Waals surface area contributed by atoms with Gasteiger partial charge in [0, 0.05) is 12.6 Å². The Morgan fingerprint density at radius 1 is 1.35 bits per heavy atom. The first kappa shape index (κ1) is 20.3. The second-order valence-electron chi connectivity index (χ2n) is 6.07. The summed E-state index contributed by atoms with van der Waals surface area (Å²) in [5, 5.41) is 0. The molecule has 1 atom stereocenters. The van der Waals surface area contributed by atoms with Gasteiger partial charge in [-0.05, 0) is 50.9 Å². The Balaban J connectivity index is 2.08. The highest BCUT2D eigenvalue weighted by Crippen LogP contribution is 2.20. The molecule has 0 aromatic heterocycles. The molecule has 1 aromatic rings. The fourth-order valence-corrected chi connectivity index (χ4v) is 3.74. The molecule has 0 spiro atoms. The first-order valence-electron chi connectivity index (χ1n) is 8.49. The molecule has 1 unspecified atom stereocenters. The van der Waals surface area contributed by atoms with Gasteiger partial charge < -0.3 is 9.64 Å². The zero-order valence-electron chi connectivity index (χ0n) is 14.8. The van der Waals surface area contributed by atoms with Gasteiger partial charge in [-0.15, -0.1) is 0 Å². The number of sulfonamides is 1. The molecular formula is C17H23FN2O5S. The molecule has 0 saturated carbocycles. The summed E-state index contributed by atoms with van der Waals surface area (Å²) < 4.78 is 44.5. The lowest BCUT2D eigenvalue weighted by Crippen LogP contribution is -2.45. The second kappa shape index (κ2) is 8.59. The van der Waals surface area contributed by atoms with E-state index < -0.39 is 34.0 Å². The van der Waals surface area contributed by atoms with Gasteiger partial charge in [-0.3, -0.25) is 4.79 Å². The maximum atomic E-state index is 13.9. The van der Waals surface area contributed by atoms with Crippen molar-refractivity contribution in [3.63, 3.8) is 0 Å². The number of ether oxygens (including phenoxy) is 1. The average molecular weight is 386 g/mol. The van der Waals surface area contributed by atoms with E-state index in [1.54, 1.807) is 4.90 Å². The van der Waals surface area contributed by atoms with E-state index in [4.69, 9.17) is 4.74 Å². The van der Waals surface area contributed by atoms with E-state index in [-0.39, 0.29) is 16.8 Å². The number of esters is 1. The molecule has 1 aliphatic heterocycles. The van der Waals surface area contributed by atoms with Gasteiger partial charge in [0.1, 0.15) is 5.82 Å². The minimum absolute atomic E-state index is 0.121. The Bertz CT molecular complexity index is 781. The number of hydrogen-bond acceptors (Lipinski definition) is 5. The summed E-state index contributed by atoms with van der Waals surface area (Å²) in [7, 11) is -2.62. The van der Waals surface area contributed by atoms with Crippen LogP contribution in [0.4, 0.5) is 4.39 Å². The van der Waals surface area contributed by atoms with Crippen LogP contribution in [0.2, 0.25) is 0 Å². The molecule has 0 bridgehead atoms. The molecule has 9 heteroatoms. The minimum Gasteiger partial charge on any atom is -0.452 e. The molecule has 1 saturated heterocycles. The fourth-order valence-electron chi connectivity index (χ4n) is 2.99. The van der Waals surface area contributed by atoms with E-state index in [9.17, 15) is 22.4 Å². The van der Waals surface area contributed by atoms with E-state index in [1.165, 1.54) is 7.05 Å². The van der Waals surface area contributed by atoms with E-state index in [2.05, 4.69) is 4.72 Å². The van der Waals surface area contributed by atoms with Gasteiger partial charge in [0.25, 0.3) is 5.91 Å². The standard InChI is InChI=1S/C17H23FN2O5S/c1-3-12-6-4-5-9-20(12)16(21)11-25-17(22)14-10-13(7-8-15(14)18)26(23,24)19-2/h7-8,10,12,19H,3-6,9,11H2,1-2H3. The largest absolute Gasteiger partial charge is 0.452 e. The minimum atomic E-state index is -3.83. The average Bonchev–Trinajstić information content (AvgIpc) is 2.65. The van der Waals surface area contributed by atoms with Crippen LogP contribution in [0.3, 0.4) is 0 Å². The third-order valence-electron chi connectivity index (χ3n) is 4.48. The molecule has 7 nitrogen and oxygen atoms in total. The summed E-state index contributed by atoms with van der Waals surface area (Å²) in [6.45, 7) is 2.10. The molecule has 1 aliphatic rings. The molecule has 144 valence electrons. The van der Waals surface area contributed by atoms with Gasteiger partial charge in [0.2, 0.25) is 10.0 Å².